The van der Waals surface area contributed by atoms with Crippen LogP contribution in [-0.2, 0) is 17.1 Å². The van der Waals surface area contributed by atoms with Crippen molar-refractivity contribution in [3.05, 3.63) is 34.9 Å². The Bertz CT molecular complexity index is 786. The number of carbonyl (C=O) groups excluding carboxylic acids is 1. The number of alkyl halides is 6. The molecule has 1 aromatic rings. The summed E-state index contributed by atoms with van der Waals surface area (Å²) in [5.74, 6) is -0.220. The molecule has 194 valence electrons. The number of hydrogen-bond donors (Lipinski definition) is 1. The number of rotatable bonds is 4. The maximum Gasteiger partial charge on any atom is -0.147 e. The van der Waals surface area contributed by atoms with E-state index in [1.807, 2.05) is 0 Å². The molecular weight excluding hydrogens is 610 g/mol. The number of piperazine rings is 1. The number of nitrogens with zero attached hydrogens (tertiary/aromatic N) is 2. The van der Waals surface area contributed by atoms with Gasteiger partial charge in [-0.3, -0.25) is 0 Å². The van der Waals surface area contributed by atoms with E-state index in [1.54, 1.807) is 0 Å². The van der Waals surface area contributed by atoms with E-state index < -0.39 is 51.2 Å². The second kappa shape index (κ2) is 12.7. The molecule has 0 aliphatic carbocycles. The van der Waals surface area contributed by atoms with Gasteiger partial charge in [0.15, 0.2) is 0 Å². The molecule has 2 saturated heterocycles. The van der Waals surface area contributed by atoms with Gasteiger partial charge in [-0.2, -0.15) is 0 Å². The van der Waals surface area contributed by atoms with Gasteiger partial charge >= 0.3 is 192 Å². The average molecular weight is 640 g/mol. The van der Waals surface area contributed by atoms with Gasteiger partial charge in [-0.05, 0) is 0 Å². The van der Waals surface area contributed by atoms with Crippen LogP contribution >= 0.6 is 24.8 Å². The molecule has 0 radical (unpaired) electrons. The summed E-state index contributed by atoms with van der Waals surface area (Å²) in [7, 11) is 2.06. The molecule has 0 spiro atoms. The molecule has 34 heavy (non-hydrogen) atoms. The van der Waals surface area contributed by atoms with E-state index in [4.69, 9.17) is 0 Å². The van der Waals surface area contributed by atoms with Crippen molar-refractivity contribution in [2.75, 3.05) is 33.2 Å². The van der Waals surface area contributed by atoms with Gasteiger partial charge in [0.05, 0.1) is 0 Å². The Labute approximate surface area is 216 Å². The van der Waals surface area contributed by atoms with E-state index in [0.29, 0.717) is 12.1 Å². The summed E-state index contributed by atoms with van der Waals surface area (Å²) < 4.78 is 82.5. The van der Waals surface area contributed by atoms with E-state index in [1.165, 1.54) is 6.92 Å². The number of carbonyl (C=O) groups is 1. The minimum Gasteiger partial charge on any atom is -0.147 e. The Morgan fingerprint density at radius 2 is 1.50 bits per heavy atom. The van der Waals surface area contributed by atoms with Crippen molar-refractivity contribution in [3.8, 4) is 0 Å². The second-order valence-electron chi connectivity index (χ2n) is 8.87. The van der Waals surface area contributed by atoms with Crippen LogP contribution in [0.2, 0.25) is 7.85 Å². The molecule has 2 atom stereocenters. The predicted octanol–water partition coefficient (Wildman–Crippen LogP) is 5.54. The van der Waals surface area contributed by atoms with Crippen LogP contribution in [-0.4, -0.2) is 68.6 Å². The van der Waals surface area contributed by atoms with Crippen LogP contribution in [0, 0.1) is 0 Å². The van der Waals surface area contributed by atoms with Crippen molar-refractivity contribution >= 4 is 52.4 Å². The van der Waals surface area contributed by atoms with Gasteiger partial charge in [-0.15, -0.1) is 24.8 Å². The SMILES string of the molecule is CC(NC(=O)[CH]1CCC[CH2][In]1[N]1CCN(C)CC1)c1cc(C(F)(F)F)cc(C(F)(F)F)c1.Cl.Cl. The summed E-state index contributed by atoms with van der Waals surface area (Å²) in [5, 5.41) is 2.74. The third-order valence-corrected chi connectivity index (χ3v) is 18.0. The van der Waals surface area contributed by atoms with Crippen LogP contribution in [0.1, 0.15) is 48.9 Å². The number of nitrogens with one attached hydrogen (secondary N) is 1. The summed E-state index contributed by atoms with van der Waals surface area (Å²) in [5.41, 5.74) is -2.92. The fourth-order valence-corrected chi connectivity index (χ4v) is 15.9. The van der Waals surface area contributed by atoms with Crippen LogP contribution in [0.3, 0.4) is 0 Å². The Hall–Kier alpha value is -0.360. The predicted molar refractivity (Wildman–Crippen MR) is 125 cm³/mol. The monoisotopic (exact) mass is 639 g/mol. The van der Waals surface area contributed by atoms with Crippen LogP contribution in [0.15, 0.2) is 18.2 Å². The number of amides is 1. The maximum atomic E-state index is 13.2. The van der Waals surface area contributed by atoms with E-state index in [0.717, 1.165) is 49.6 Å². The average Bonchev–Trinajstić information content (AvgIpc) is 2.72. The number of likely N-dealkylation sites (N-methyl/N-ethyl adjacent to an activating group) is 1. The summed E-state index contributed by atoms with van der Waals surface area (Å²) in [6.07, 6.45) is -7.05. The normalized spacial score (nSPS) is 21.3. The summed E-state index contributed by atoms with van der Waals surface area (Å²) >= 11 is -2.44. The number of halogens is 8. The molecular formula is C21H30Cl2F6InN3O. The zero-order chi connectivity index (χ0) is 23.7. The molecule has 3 rings (SSSR count). The molecule has 0 bridgehead atoms. The molecule has 2 heterocycles. The van der Waals surface area contributed by atoms with Gasteiger partial charge in [-0.25, -0.2) is 0 Å². The van der Waals surface area contributed by atoms with E-state index >= 15 is 0 Å². The molecule has 2 aliphatic rings. The Morgan fingerprint density at radius 3 is 2.00 bits per heavy atom. The third kappa shape index (κ3) is 8.08. The molecule has 1 N–H and O–H groups in total. The molecule has 2 unspecified atom stereocenters. The van der Waals surface area contributed by atoms with Crippen molar-refractivity contribution in [1.82, 2.24) is 13.1 Å². The van der Waals surface area contributed by atoms with Crippen LogP contribution < -0.4 is 5.32 Å². The molecule has 1 amide bonds. The first-order valence-corrected chi connectivity index (χ1v) is 16.6. The Morgan fingerprint density at radius 1 is 0.971 bits per heavy atom. The van der Waals surface area contributed by atoms with Crippen molar-refractivity contribution < 1.29 is 31.1 Å². The first-order valence-electron chi connectivity index (χ1n) is 10.9. The minimum atomic E-state index is -4.91. The van der Waals surface area contributed by atoms with Crippen molar-refractivity contribution in [2.24, 2.45) is 0 Å². The van der Waals surface area contributed by atoms with E-state index in [9.17, 15) is 31.1 Å². The number of benzene rings is 1. The van der Waals surface area contributed by atoms with Crippen LogP contribution in [0.25, 0.3) is 0 Å². The van der Waals surface area contributed by atoms with Gasteiger partial charge in [0.1, 0.15) is 0 Å². The summed E-state index contributed by atoms with van der Waals surface area (Å²) in [4.78, 5) is 15.4. The van der Waals surface area contributed by atoms with Gasteiger partial charge in [0, 0.05) is 0 Å². The quantitative estimate of drug-likeness (QED) is 0.440. The zero-order valence-electron chi connectivity index (χ0n) is 19.0. The van der Waals surface area contributed by atoms with E-state index in [-0.39, 0.29) is 46.0 Å². The maximum absolute atomic E-state index is 13.2. The molecule has 0 aromatic heterocycles. The first kappa shape index (κ1) is 31.7. The number of hydrogen-bond acceptors (Lipinski definition) is 3. The van der Waals surface area contributed by atoms with Crippen molar-refractivity contribution in [2.45, 2.75) is 52.4 Å². The molecule has 2 fully saturated rings. The fraction of sp³-hybridized carbons (Fsp3) is 0.667. The molecule has 13 heteroatoms. The van der Waals surface area contributed by atoms with E-state index in [2.05, 4.69) is 20.2 Å². The molecule has 0 saturated carbocycles. The fourth-order valence-electron chi connectivity index (χ4n) is 4.64. The van der Waals surface area contributed by atoms with Gasteiger partial charge in [0.2, 0.25) is 0 Å². The van der Waals surface area contributed by atoms with Crippen molar-refractivity contribution in [1.29, 1.82) is 0 Å². The summed E-state index contributed by atoms with van der Waals surface area (Å²) in [6, 6.07) is 0.552. The van der Waals surface area contributed by atoms with Gasteiger partial charge in [-0.1, -0.05) is 0 Å². The van der Waals surface area contributed by atoms with Gasteiger partial charge < -0.3 is 0 Å². The largest absolute Gasteiger partial charge is 0.147 e. The standard InChI is InChI=1S/C16H17F6NO.C5H11N2.2ClH.In/c1-3-4-5-6-14(24)23-10(2)11-7-12(15(17,18)19)9-13(8-11)16(20,21)22;1-7-4-2-6-3-5-7;;;/h6-10H,1,3-5H2,2H3,(H,23,24);2-5H2,1H3;2*1H;/q;-1;;;+1. The zero-order valence-corrected chi connectivity index (χ0v) is 23.9. The Balaban J connectivity index is 0.00000289. The van der Waals surface area contributed by atoms with Gasteiger partial charge in [0.25, 0.3) is 0 Å². The van der Waals surface area contributed by atoms with Crippen LogP contribution in [0.4, 0.5) is 26.3 Å². The first-order chi connectivity index (χ1) is 14.9. The Kier molecular flexibility index (Phi) is 11.9. The summed E-state index contributed by atoms with van der Waals surface area (Å²) in [6.45, 7) is 5.19. The molecule has 4 nitrogen and oxygen atoms in total. The molecule has 1 aromatic carbocycles. The second-order valence-corrected chi connectivity index (χ2v) is 18.1. The minimum absolute atomic E-state index is 0. The topological polar surface area (TPSA) is 35.6 Å². The van der Waals surface area contributed by atoms with Crippen molar-refractivity contribution in [3.63, 3.8) is 0 Å². The third-order valence-electron chi connectivity index (χ3n) is 6.54. The van der Waals surface area contributed by atoms with Crippen LogP contribution in [0.5, 0.6) is 0 Å². The molecule has 2 aliphatic heterocycles. The smallest absolute Gasteiger partial charge is 0.147 e.